The fourth-order valence-electron chi connectivity index (χ4n) is 2.57. The van der Waals surface area contributed by atoms with E-state index in [0.29, 0.717) is 25.3 Å². The number of rotatable bonds is 2. The lowest BCUT2D eigenvalue weighted by Crippen LogP contribution is -2.50. The summed E-state index contributed by atoms with van der Waals surface area (Å²) in [7, 11) is 2.13. The zero-order valence-corrected chi connectivity index (χ0v) is 10.7. The summed E-state index contributed by atoms with van der Waals surface area (Å²) < 4.78 is 5.22. The van der Waals surface area contributed by atoms with Crippen LogP contribution in [-0.2, 0) is 9.53 Å². The quantitative estimate of drug-likeness (QED) is 0.688. The minimum absolute atomic E-state index is 0.0664. The summed E-state index contributed by atoms with van der Waals surface area (Å²) in [5.41, 5.74) is 5.84. The van der Waals surface area contributed by atoms with E-state index in [1.807, 2.05) is 0 Å². The minimum Gasteiger partial charge on any atom is -0.379 e. The molecule has 0 aromatic carbocycles. The largest absolute Gasteiger partial charge is 0.379 e. The number of piperidine rings is 1. The van der Waals surface area contributed by atoms with Gasteiger partial charge >= 0.3 is 0 Å². The van der Waals surface area contributed by atoms with Crippen LogP contribution in [-0.4, -0.2) is 55.7 Å². The molecule has 0 aromatic rings. The molecule has 0 bridgehead atoms. The maximum atomic E-state index is 12.0. The fraction of sp³-hybridized carbons (Fsp3) is 0.917. The second-order valence-corrected chi connectivity index (χ2v) is 5.37. The van der Waals surface area contributed by atoms with Crippen LogP contribution in [0.15, 0.2) is 0 Å². The molecule has 2 saturated heterocycles. The van der Waals surface area contributed by atoms with Crippen molar-refractivity contribution >= 4 is 5.91 Å². The van der Waals surface area contributed by atoms with Gasteiger partial charge in [0.25, 0.3) is 0 Å². The molecule has 2 aliphatic heterocycles. The third-order valence-electron chi connectivity index (χ3n) is 4.02. The van der Waals surface area contributed by atoms with Crippen molar-refractivity contribution in [3.63, 3.8) is 0 Å². The summed E-state index contributed by atoms with van der Waals surface area (Å²) in [6.07, 6.45) is 2.04. The van der Waals surface area contributed by atoms with Gasteiger partial charge < -0.3 is 20.7 Å². The molecule has 0 aromatic heterocycles. The van der Waals surface area contributed by atoms with Gasteiger partial charge in [0.2, 0.25) is 5.91 Å². The Balaban J connectivity index is 1.82. The number of nitrogens with two attached hydrogens (primary N) is 1. The van der Waals surface area contributed by atoms with Crippen molar-refractivity contribution in [1.29, 1.82) is 0 Å². The number of ether oxygens (including phenoxy) is 1. The summed E-state index contributed by atoms with van der Waals surface area (Å²) in [4.78, 5) is 14.4. The van der Waals surface area contributed by atoms with E-state index in [0.717, 1.165) is 19.4 Å². The molecule has 2 rings (SSSR count). The van der Waals surface area contributed by atoms with E-state index < -0.39 is 0 Å². The van der Waals surface area contributed by atoms with E-state index in [2.05, 4.69) is 24.2 Å². The number of carbonyl (C=O) groups is 1. The van der Waals surface area contributed by atoms with Crippen molar-refractivity contribution in [3.05, 3.63) is 0 Å². The molecule has 17 heavy (non-hydrogen) atoms. The first-order valence-electron chi connectivity index (χ1n) is 6.42. The predicted molar refractivity (Wildman–Crippen MR) is 65.5 cm³/mol. The van der Waals surface area contributed by atoms with Crippen LogP contribution < -0.4 is 11.1 Å². The molecule has 5 nitrogen and oxygen atoms in total. The Kier molecular flexibility index (Phi) is 4.01. The van der Waals surface area contributed by atoms with Gasteiger partial charge in [-0.25, -0.2) is 0 Å². The molecule has 1 amide bonds. The highest BCUT2D eigenvalue weighted by molar-refractivity contribution is 5.80. The number of carbonyl (C=O) groups excluding carboxylic acids is 1. The third kappa shape index (κ3) is 2.97. The molecule has 0 radical (unpaired) electrons. The lowest BCUT2D eigenvalue weighted by atomic mass is 9.97. The number of likely N-dealkylation sites (tertiary alicyclic amines) is 1. The lowest BCUT2D eigenvalue weighted by molar-refractivity contribution is -0.126. The molecule has 98 valence electrons. The predicted octanol–water partition coefficient (Wildman–Crippen LogP) is -0.441. The Morgan fingerprint density at radius 1 is 1.47 bits per heavy atom. The highest BCUT2D eigenvalue weighted by atomic mass is 16.5. The number of nitrogens with one attached hydrogen (secondary N) is 1. The summed E-state index contributed by atoms with van der Waals surface area (Å²) in [6, 6.07) is 0.683. The van der Waals surface area contributed by atoms with E-state index in [4.69, 9.17) is 10.5 Å². The van der Waals surface area contributed by atoms with Crippen molar-refractivity contribution in [2.24, 2.45) is 11.7 Å². The lowest BCUT2D eigenvalue weighted by Gasteiger charge is -2.35. The monoisotopic (exact) mass is 241 g/mol. The van der Waals surface area contributed by atoms with Crippen LogP contribution in [0.4, 0.5) is 0 Å². The van der Waals surface area contributed by atoms with Gasteiger partial charge in [-0.3, -0.25) is 4.79 Å². The Bertz CT molecular complexity index is 285. The Morgan fingerprint density at radius 3 is 2.82 bits per heavy atom. The zero-order chi connectivity index (χ0) is 12.4. The SMILES string of the molecule is CC1CC(NC(=O)C2COCC2N)CCN1C. The average molecular weight is 241 g/mol. The molecule has 4 unspecified atom stereocenters. The second kappa shape index (κ2) is 5.33. The highest BCUT2D eigenvalue weighted by Crippen LogP contribution is 2.17. The number of hydrogen-bond acceptors (Lipinski definition) is 4. The number of amides is 1. The molecular formula is C12H23N3O2. The molecule has 2 fully saturated rings. The van der Waals surface area contributed by atoms with Crippen molar-refractivity contribution in [2.75, 3.05) is 26.8 Å². The second-order valence-electron chi connectivity index (χ2n) is 5.37. The van der Waals surface area contributed by atoms with Crippen molar-refractivity contribution in [2.45, 2.75) is 37.9 Å². The summed E-state index contributed by atoms with van der Waals surface area (Å²) >= 11 is 0. The van der Waals surface area contributed by atoms with E-state index in [1.54, 1.807) is 0 Å². The first kappa shape index (κ1) is 12.8. The fourth-order valence-corrected chi connectivity index (χ4v) is 2.57. The Labute approximate surface area is 103 Å². The minimum atomic E-state index is -0.162. The molecule has 5 heteroatoms. The van der Waals surface area contributed by atoms with Crippen LogP contribution in [0.2, 0.25) is 0 Å². The van der Waals surface area contributed by atoms with Gasteiger partial charge in [-0.1, -0.05) is 0 Å². The van der Waals surface area contributed by atoms with Crippen LogP contribution in [0.25, 0.3) is 0 Å². The number of hydrogen-bond donors (Lipinski definition) is 2. The first-order valence-corrected chi connectivity index (χ1v) is 6.42. The van der Waals surface area contributed by atoms with Gasteiger partial charge in [0.1, 0.15) is 0 Å². The van der Waals surface area contributed by atoms with Crippen molar-refractivity contribution in [1.82, 2.24) is 10.2 Å². The van der Waals surface area contributed by atoms with Gasteiger partial charge in [-0.05, 0) is 26.8 Å². The zero-order valence-electron chi connectivity index (χ0n) is 10.7. The third-order valence-corrected chi connectivity index (χ3v) is 4.02. The number of nitrogens with zero attached hydrogens (tertiary/aromatic N) is 1. The highest BCUT2D eigenvalue weighted by Gasteiger charge is 2.33. The summed E-state index contributed by atoms with van der Waals surface area (Å²) in [5, 5.41) is 3.12. The van der Waals surface area contributed by atoms with E-state index in [1.165, 1.54) is 0 Å². The molecule has 0 aliphatic carbocycles. The Morgan fingerprint density at radius 2 is 2.24 bits per heavy atom. The van der Waals surface area contributed by atoms with Gasteiger partial charge in [-0.15, -0.1) is 0 Å². The van der Waals surface area contributed by atoms with Crippen LogP contribution in [0.3, 0.4) is 0 Å². The van der Waals surface area contributed by atoms with Crippen LogP contribution in [0, 0.1) is 5.92 Å². The summed E-state index contributed by atoms with van der Waals surface area (Å²) in [5.74, 6) is -0.0956. The first-order chi connectivity index (χ1) is 8.08. The molecular weight excluding hydrogens is 218 g/mol. The molecule has 0 saturated carbocycles. The maximum absolute atomic E-state index is 12.0. The topological polar surface area (TPSA) is 67.6 Å². The standard InChI is InChI=1S/C12H23N3O2/c1-8-5-9(3-4-15(8)2)14-12(16)10-6-17-7-11(10)13/h8-11H,3-7,13H2,1-2H3,(H,14,16). The average Bonchev–Trinajstić information content (AvgIpc) is 2.70. The van der Waals surface area contributed by atoms with Crippen LogP contribution in [0.1, 0.15) is 19.8 Å². The van der Waals surface area contributed by atoms with Gasteiger partial charge in [0, 0.05) is 24.7 Å². The van der Waals surface area contributed by atoms with Crippen molar-refractivity contribution < 1.29 is 9.53 Å². The van der Waals surface area contributed by atoms with Gasteiger partial charge in [0.15, 0.2) is 0 Å². The molecule has 4 atom stereocenters. The van der Waals surface area contributed by atoms with Gasteiger partial charge in [-0.2, -0.15) is 0 Å². The summed E-state index contributed by atoms with van der Waals surface area (Å²) in [6.45, 7) is 4.21. The molecule has 3 N–H and O–H groups in total. The van der Waals surface area contributed by atoms with E-state index in [-0.39, 0.29) is 17.9 Å². The van der Waals surface area contributed by atoms with E-state index in [9.17, 15) is 4.79 Å². The smallest absolute Gasteiger partial charge is 0.227 e. The normalized spacial score (nSPS) is 39.2. The molecule has 0 spiro atoms. The van der Waals surface area contributed by atoms with Gasteiger partial charge in [0.05, 0.1) is 19.1 Å². The van der Waals surface area contributed by atoms with Crippen LogP contribution >= 0.6 is 0 Å². The van der Waals surface area contributed by atoms with Crippen LogP contribution in [0.5, 0.6) is 0 Å². The maximum Gasteiger partial charge on any atom is 0.227 e. The molecule has 2 aliphatic rings. The molecule has 2 heterocycles. The van der Waals surface area contributed by atoms with Crippen molar-refractivity contribution in [3.8, 4) is 0 Å². The Hall–Kier alpha value is -0.650. The van der Waals surface area contributed by atoms with E-state index >= 15 is 0 Å².